The van der Waals surface area contributed by atoms with Crippen LogP contribution in [0.5, 0.6) is 11.5 Å². The molecule has 0 saturated carbocycles. The van der Waals surface area contributed by atoms with Crippen LogP contribution in [0.3, 0.4) is 0 Å². The number of rotatable bonds is 6. The molecular formula is C20H20N2O5. The van der Waals surface area contributed by atoms with Crippen LogP contribution in [0.15, 0.2) is 47.4 Å². The van der Waals surface area contributed by atoms with Crippen molar-refractivity contribution in [3.8, 4) is 11.5 Å². The van der Waals surface area contributed by atoms with E-state index in [0.29, 0.717) is 35.0 Å². The van der Waals surface area contributed by atoms with E-state index in [0.717, 1.165) is 5.56 Å². The summed E-state index contributed by atoms with van der Waals surface area (Å²) in [5, 5.41) is 0. The minimum absolute atomic E-state index is 0.103. The maximum atomic E-state index is 12.3. The quantitative estimate of drug-likeness (QED) is 0.623. The lowest BCUT2D eigenvalue weighted by atomic mass is 10.2. The number of carbonyl (C=O) groups excluding carboxylic acids is 1. The predicted molar refractivity (Wildman–Crippen MR) is 99.5 cm³/mol. The first-order valence-electron chi connectivity index (χ1n) is 8.49. The van der Waals surface area contributed by atoms with E-state index >= 15 is 0 Å². The second-order valence-corrected chi connectivity index (χ2v) is 5.85. The number of benzene rings is 1. The largest absolute Gasteiger partial charge is 0.493 e. The normalized spacial score (nSPS) is 10.6. The Kier molecular flexibility index (Phi) is 5.40. The molecular weight excluding hydrogens is 348 g/mol. The van der Waals surface area contributed by atoms with Crippen LogP contribution in [0, 0.1) is 6.92 Å². The number of esters is 1. The number of nitrogens with zero attached hydrogens (tertiary/aromatic N) is 2. The maximum Gasteiger partial charge on any atom is 0.338 e. The van der Waals surface area contributed by atoms with E-state index in [1.54, 1.807) is 30.5 Å². The second-order valence-electron chi connectivity index (χ2n) is 5.85. The lowest BCUT2D eigenvalue weighted by Crippen LogP contribution is -2.17. The minimum atomic E-state index is -0.539. The number of carbonyl (C=O) groups is 1. The first kappa shape index (κ1) is 18.4. The second kappa shape index (κ2) is 7.90. The molecule has 0 radical (unpaired) electrons. The highest BCUT2D eigenvalue weighted by Crippen LogP contribution is 2.28. The Morgan fingerprint density at radius 2 is 2.00 bits per heavy atom. The highest BCUT2D eigenvalue weighted by molar-refractivity contribution is 5.90. The van der Waals surface area contributed by atoms with Crippen LogP contribution >= 0.6 is 0 Å². The van der Waals surface area contributed by atoms with Crippen molar-refractivity contribution in [2.75, 3.05) is 13.7 Å². The van der Waals surface area contributed by atoms with Gasteiger partial charge in [0, 0.05) is 12.3 Å². The van der Waals surface area contributed by atoms with Crippen LogP contribution in [0.4, 0.5) is 0 Å². The molecule has 0 amide bonds. The highest BCUT2D eigenvalue weighted by Gasteiger charge is 2.13. The number of fused-ring (bicyclic) bond motifs is 1. The third-order valence-corrected chi connectivity index (χ3v) is 3.99. The van der Waals surface area contributed by atoms with Gasteiger partial charge >= 0.3 is 5.97 Å². The van der Waals surface area contributed by atoms with Crippen molar-refractivity contribution in [2.45, 2.75) is 20.5 Å². The number of pyridine rings is 1. The summed E-state index contributed by atoms with van der Waals surface area (Å²) in [7, 11) is 1.50. The molecule has 27 heavy (non-hydrogen) atoms. The van der Waals surface area contributed by atoms with Crippen LogP contribution < -0.4 is 15.0 Å². The molecule has 0 fully saturated rings. The fourth-order valence-electron chi connectivity index (χ4n) is 2.67. The smallest absolute Gasteiger partial charge is 0.338 e. The standard InChI is InChI=1S/C20H20N2O5/c1-4-26-16-8-7-14(10-17(16)25-3)20(24)27-12-15-11-18(23)22-9-5-6-13(2)19(22)21-15/h5-11H,4,12H2,1-3H3. The Bertz CT molecular complexity index is 1040. The number of hydrogen-bond acceptors (Lipinski definition) is 6. The highest BCUT2D eigenvalue weighted by atomic mass is 16.5. The van der Waals surface area contributed by atoms with Gasteiger partial charge in [0.1, 0.15) is 12.3 Å². The molecule has 0 atom stereocenters. The van der Waals surface area contributed by atoms with Gasteiger partial charge in [-0.05, 0) is 43.7 Å². The molecule has 0 aliphatic heterocycles. The molecule has 2 aromatic heterocycles. The fourth-order valence-corrected chi connectivity index (χ4v) is 2.67. The Morgan fingerprint density at radius 3 is 2.74 bits per heavy atom. The number of aryl methyl sites for hydroxylation is 1. The molecule has 2 heterocycles. The summed E-state index contributed by atoms with van der Waals surface area (Å²) in [6, 6.07) is 9.82. The van der Waals surface area contributed by atoms with Crippen LogP contribution in [-0.4, -0.2) is 29.1 Å². The number of hydrogen-bond donors (Lipinski definition) is 0. The zero-order valence-electron chi connectivity index (χ0n) is 15.4. The van der Waals surface area contributed by atoms with E-state index in [-0.39, 0.29) is 12.2 Å². The van der Waals surface area contributed by atoms with E-state index < -0.39 is 5.97 Å². The van der Waals surface area contributed by atoms with Gasteiger partial charge in [-0.2, -0.15) is 0 Å². The van der Waals surface area contributed by atoms with Crippen molar-refractivity contribution < 1.29 is 19.0 Å². The maximum absolute atomic E-state index is 12.3. The Balaban J connectivity index is 1.79. The van der Waals surface area contributed by atoms with Crippen molar-refractivity contribution >= 4 is 11.6 Å². The molecule has 7 heteroatoms. The molecule has 0 bridgehead atoms. The Hall–Kier alpha value is -3.35. The van der Waals surface area contributed by atoms with Gasteiger partial charge in [-0.15, -0.1) is 0 Å². The van der Waals surface area contributed by atoms with Gasteiger partial charge in [0.2, 0.25) is 0 Å². The molecule has 1 aromatic carbocycles. The molecule has 0 aliphatic carbocycles. The minimum Gasteiger partial charge on any atom is -0.493 e. The van der Waals surface area contributed by atoms with Crippen molar-refractivity contribution in [1.29, 1.82) is 0 Å². The predicted octanol–water partition coefficient (Wildman–Crippen LogP) is 2.77. The van der Waals surface area contributed by atoms with Gasteiger partial charge in [-0.3, -0.25) is 9.20 Å². The summed E-state index contributed by atoms with van der Waals surface area (Å²) in [5.41, 5.74) is 1.89. The van der Waals surface area contributed by atoms with E-state index in [2.05, 4.69) is 4.98 Å². The average molecular weight is 368 g/mol. The molecule has 140 valence electrons. The Labute approximate surface area is 156 Å². The number of methoxy groups -OCH3 is 1. The monoisotopic (exact) mass is 368 g/mol. The molecule has 3 aromatic rings. The SMILES string of the molecule is CCOc1ccc(C(=O)OCc2cc(=O)n3cccc(C)c3n2)cc1OC. The molecule has 0 spiro atoms. The lowest BCUT2D eigenvalue weighted by Gasteiger charge is -2.11. The van der Waals surface area contributed by atoms with Gasteiger partial charge in [-0.25, -0.2) is 9.78 Å². The molecule has 0 N–H and O–H groups in total. The van der Waals surface area contributed by atoms with Gasteiger partial charge < -0.3 is 14.2 Å². The average Bonchev–Trinajstić information content (AvgIpc) is 2.67. The summed E-state index contributed by atoms with van der Waals surface area (Å²) in [5.74, 6) is 0.461. The zero-order chi connectivity index (χ0) is 19.4. The first-order valence-corrected chi connectivity index (χ1v) is 8.49. The van der Waals surface area contributed by atoms with Crippen molar-refractivity contribution in [3.63, 3.8) is 0 Å². The van der Waals surface area contributed by atoms with Gasteiger partial charge in [0.25, 0.3) is 5.56 Å². The van der Waals surface area contributed by atoms with Crippen molar-refractivity contribution in [2.24, 2.45) is 0 Å². The van der Waals surface area contributed by atoms with E-state index in [9.17, 15) is 9.59 Å². The number of ether oxygens (including phenoxy) is 3. The van der Waals surface area contributed by atoms with Crippen LogP contribution in [0.1, 0.15) is 28.5 Å². The van der Waals surface area contributed by atoms with E-state index in [1.165, 1.54) is 17.6 Å². The van der Waals surface area contributed by atoms with Crippen LogP contribution in [-0.2, 0) is 11.3 Å². The zero-order valence-corrected chi connectivity index (χ0v) is 15.4. The molecule has 3 rings (SSSR count). The molecule has 0 saturated heterocycles. The van der Waals surface area contributed by atoms with Crippen molar-refractivity contribution in [3.05, 3.63) is 69.8 Å². The topological polar surface area (TPSA) is 79.1 Å². The third kappa shape index (κ3) is 3.92. The van der Waals surface area contributed by atoms with E-state index in [4.69, 9.17) is 14.2 Å². The fraction of sp³-hybridized carbons (Fsp3) is 0.250. The molecule has 0 aliphatic rings. The summed E-state index contributed by atoms with van der Waals surface area (Å²) in [4.78, 5) is 29.0. The van der Waals surface area contributed by atoms with Gasteiger partial charge in [0.15, 0.2) is 11.5 Å². The summed E-state index contributed by atoms with van der Waals surface area (Å²) in [6.45, 7) is 4.11. The number of aromatic nitrogens is 2. The summed E-state index contributed by atoms with van der Waals surface area (Å²) < 4.78 is 17.4. The first-order chi connectivity index (χ1) is 13.0. The summed E-state index contributed by atoms with van der Waals surface area (Å²) in [6.07, 6.45) is 1.65. The van der Waals surface area contributed by atoms with Gasteiger partial charge in [-0.1, -0.05) is 6.07 Å². The molecule has 0 unspecified atom stereocenters. The molecule has 7 nitrogen and oxygen atoms in total. The van der Waals surface area contributed by atoms with Crippen molar-refractivity contribution in [1.82, 2.24) is 9.38 Å². The Morgan fingerprint density at radius 1 is 1.19 bits per heavy atom. The van der Waals surface area contributed by atoms with Crippen LogP contribution in [0.25, 0.3) is 5.65 Å². The summed E-state index contributed by atoms with van der Waals surface area (Å²) >= 11 is 0. The van der Waals surface area contributed by atoms with E-state index in [1.807, 2.05) is 19.9 Å². The third-order valence-electron chi connectivity index (χ3n) is 3.99. The van der Waals surface area contributed by atoms with Gasteiger partial charge in [0.05, 0.1) is 25.0 Å². The lowest BCUT2D eigenvalue weighted by molar-refractivity contribution is 0.0467. The van der Waals surface area contributed by atoms with Crippen LogP contribution in [0.2, 0.25) is 0 Å².